The van der Waals surface area contributed by atoms with Crippen LogP contribution in [0, 0.1) is 16.7 Å². The predicted molar refractivity (Wildman–Crippen MR) is 83.5 cm³/mol. The third-order valence-electron chi connectivity index (χ3n) is 4.33. The SMILES string of the molecule is CN1CCC(C)(CNc2ccc(N)c(CC#N)c2)CC1. The van der Waals surface area contributed by atoms with Crippen molar-refractivity contribution in [2.24, 2.45) is 5.41 Å². The highest BCUT2D eigenvalue weighted by Gasteiger charge is 2.28. The molecule has 1 heterocycles. The normalized spacial score (nSPS) is 18.4. The van der Waals surface area contributed by atoms with Crippen molar-refractivity contribution in [3.8, 4) is 6.07 Å². The molecule has 0 unspecified atom stereocenters. The summed E-state index contributed by atoms with van der Waals surface area (Å²) in [5.41, 5.74) is 8.89. The van der Waals surface area contributed by atoms with Crippen LogP contribution in [-0.2, 0) is 6.42 Å². The van der Waals surface area contributed by atoms with Gasteiger partial charge in [0.1, 0.15) is 0 Å². The maximum atomic E-state index is 8.80. The molecule has 3 N–H and O–H groups in total. The molecule has 1 fully saturated rings. The highest BCUT2D eigenvalue weighted by molar-refractivity contribution is 5.58. The molecule has 0 aliphatic carbocycles. The Morgan fingerprint density at radius 2 is 2.10 bits per heavy atom. The molecule has 0 atom stereocenters. The molecule has 1 saturated heterocycles. The Hall–Kier alpha value is -1.73. The fourth-order valence-electron chi connectivity index (χ4n) is 2.60. The Bertz CT molecular complexity index is 496. The molecule has 108 valence electrons. The van der Waals surface area contributed by atoms with Crippen LogP contribution < -0.4 is 11.1 Å². The number of anilines is 2. The van der Waals surface area contributed by atoms with E-state index in [0.717, 1.165) is 17.8 Å². The van der Waals surface area contributed by atoms with Crippen molar-refractivity contribution in [2.45, 2.75) is 26.2 Å². The first-order valence-corrected chi connectivity index (χ1v) is 7.20. The summed E-state index contributed by atoms with van der Waals surface area (Å²) in [6, 6.07) is 8.03. The zero-order valence-corrected chi connectivity index (χ0v) is 12.4. The van der Waals surface area contributed by atoms with Crippen molar-refractivity contribution in [3.05, 3.63) is 23.8 Å². The average molecular weight is 272 g/mol. The summed E-state index contributed by atoms with van der Waals surface area (Å²) in [4.78, 5) is 2.38. The van der Waals surface area contributed by atoms with Gasteiger partial charge in [-0.25, -0.2) is 0 Å². The molecule has 1 aromatic carbocycles. The Morgan fingerprint density at radius 1 is 1.40 bits per heavy atom. The minimum atomic E-state index is 0.350. The molecule has 0 bridgehead atoms. The van der Waals surface area contributed by atoms with Crippen LogP contribution in [0.3, 0.4) is 0 Å². The maximum Gasteiger partial charge on any atom is 0.0670 e. The lowest BCUT2D eigenvalue weighted by Gasteiger charge is -2.38. The summed E-state index contributed by atoms with van der Waals surface area (Å²) in [6.45, 7) is 5.65. The van der Waals surface area contributed by atoms with Crippen molar-refractivity contribution in [3.63, 3.8) is 0 Å². The van der Waals surface area contributed by atoms with Crippen LogP contribution in [0.25, 0.3) is 0 Å². The van der Waals surface area contributed by atoms with Crippen molar-refractivity contribution in [1.82, 2.24) is 4.90 Å². The summed E-state index contributed by atoms with van der Waals surface area (Å²) < 4.78 is 0. The first kappa shape index (κ1) is 14.7. The third kappa shape index (κ3) is 3.64. The van der Waals surface area contributed by atoms with E-state index in [1.165, 1.54) is 25.9 Å². The van der Waals surface area contributed by atoms with Gasteiger partial charge in [0.25, 0.3) is 0 Å². The summed E-state index contributed by atoms with van der Waals surface area (Å²) in [5.74, 6) is 0. The number of benzene rings is 1. The number of nitriles is 1. The van der Waals surface area contributed by atoms with Gasteiger partial charge in [0, 0.05) is 17.9 Å². The van der Waals surface area contributed by atoms with Crippen LogP contribution >= 0.6 is 0 Å². The Labute approximate surface area is 121 Å². The number of hydrogen-bond acceptors (Lipinski definition) is 4. The summed E-state index contributed by atoms with van der Waals surface area (Å²) >= 11 is 0. The second kappa shape index (κ2) is 6.15. The Morgan fingerprint density at radius 3 is 2.75 bits per heavy atom. The molecule has 1 aliphatic heterocycles. The second-order valence-corrected chi connectivity index (χ2v) is 6.22. The lowest BCUT2D eigenvalue weighted by molar-refractivity contribution is 0.150. The van der Waals surface area contributed by atoms with Gasteiger partial charge in [-0.2, -0.15) is 5.26 Å². The smallest absolute Gasteiger partial charge is 0.0670 e. The zero-order chi connectivity index (χ0) is 14.6. The second-order valence-electron chi connectivity index (χ2n) is 6.22. The molecule has 0 spiro atoms. The van der Waals surface area contributed by atoms with E-state index in [-0.39, 0.29) is 0 Å². The van der Waals surface area contributed by atoms with Crippen LogP contribution in [0.15, 0.2) is 18.2 Å². The van der Waals surface area contributed by atoms with E-state index >= 15 is 0 Å². The first-order valence-electron chi connectivity index (χ1n) is 7.20. The van der Waals surface area contributed by atoms with E-state index in [0.29, 0.717) is 17.5 Å². The number of piperidine rings is 1. The third-order valence-corrected chi connectivity index (χ3v) is 4.33. The lowest BCUT2D eigenvalue weighted by atomic mass is 9.80. The standard InChI is InChI=1S/C16H24N4/c1-16(6-9-20(2)10-7-16)12-19-14-3-4-15(18)13(11-14)5-8-17/h3-4,11,19H,5-7,9-10,12,18H2,1-2H3. The van der Waals surface area contributed by atoms with E-state index in [4.69, 9.17) is 11.0 Å². The van der Waals surface area contributed by atoms with Gasteiger partial charge in [0.15, 0.2) is 0 Å². The number of nitrogens with zero attached hydrogens (tertiary/aromatic N) is 2. The van der Waals surface area contributed by atoms with Crippen molar-refractivity contribution in [2.75, 3.05) is 37.7 Å². The molecule has 1 aromatic rings. The Kier molecular flexibility index (Phi) is 4.51. The van der Waals surface area contributed by atoms with Crippen molar-refractivity contribution in [1.29, 1.82) is 5.26 Å². The fraction of sp³-hybridized carbons (Fsp3) is 0.562. The number of likely N-dealkylation sites (tertiary alicyclic amines) is 1. The van der Waals surface area contributed by atoms with Crippen LogP contribution in [0.1, 0.15) is 25.3 Å². The molecule has 0 amide bonds. The largest absolute Gasteiger partial charge is 0.398 e. The maximum absolute atomic E-state index is 8.80. The van der Waals surface area contributed by atoms with Gasteiger partial charge in [-0.3, -0.25) is 0 Å². The molecule has 20 heavy (non-hydrogen) atoms. The molecule has 4 nitrogen and oxygen atoms in total. The number of hydrogen-bond donors (Lipinski definition) is 2. The highest BCUT2D eigenvalue weighted by Crippen LogP contribution is 2.31. The van der Waals surface area contributed by atoms with Crippen LogP contribution in [0.2, 0.25) is 0 Å². The van der Waals surface area contributed by atoms with Gasteiger partial charge in [-0.15, -0.1) is 0 Å². The van der Waals surface area contributed by atoms with E-state index in [1.54, 1.807) is 0 Å². The van der Waals surface area contributed by atoms with E-state index < -0.39 is 0 Å². The van der Waals surface area contributed by atoms with Crippen molar-refractivity contribution < 1.29 is 0 Å². The predicted octanol–water partition coefficient (Wildman–Crippen LogP) is 2.48. The lowest BCUT2D eigenvalue weighted by Crippen LogP contribution is -2.40. The molecular formula is C16H24N4. The molecule has 4 heteroatoms. The van der Waals surface area contributed by atoms with Gasteiger partial charge in [0.05, 0.1) is 12.5 Å². The monoisotopic (exact) mass is 272 g/mol. The van der Waals surface area contributed by atoms with Crippen molar-refractivity contribution >= 4 is 11.4 Å². The minimum absolute atomic E-state index is 0.350. The first-order chi connectivity index (χ1) is 9.52. The molecule has 0 radical (unpaired) electrons. The minimum Gasteiger partial charge on any atom is -0.398 e. The van der Waals surface area contributed by atoms with Crippen LogP contribution in [-0.4, -0.2) is 31.6 Å². The molecule has 1 aliphatic rings. The number of rotatable bonds is 4. The van der Waals surface area contributed by atoms with Crippen LogP contribution in [0.4, 0.5) is 11.4 Å². The van der Waals surface area contributed by atoms with Crippen LogP contribution in [0.5, 0.6) is 0 Å². The summed E-state index contributed by atoms with van der Waals surface area (Å²) in [6.07, 6.45) is 2.80. The number of nitrogen functional groups attached to an aromatic ring is 1. The van der Waals surface area contributed by atoms with Gasteiger partial charge < -0.3 is 16.0 Å². The number of nitrogens with two attached hydrogens (primary N) is 1. The fourth-order valence-corrected chi connectivity index (χ4v) is 2.60. The topological polar surface area (TPSA) is 65.1 Å². The zero-order valence-electron chi connectivity index (χ0n) is 12.4. The van der Waals surface area contributed by atoms with Gasteiger partial charge >= 0.3 is 0 Å². The van der Waals surface area contributed by atoms with Gasteiger partial charge in [0.2, 0.25) is 0 Å². The average Bonchev–Trinajstić information content (AvgIpc) is 2.44. The molecule has 0 aromatic heterocycles. The molecule has 2 rings (SSSR count). The van der Waals surface area contributed by atoms with E-state index in [2.05, 4.69) is 30.3 Å². The van der Waals surface area contributed by atoms with Gasteiger partial charge in [-0.1, -0.05) is 6.92 Å². The Balaban J connectivity index is 1.97. The quantitative estimate of drug-likeness (QED) is 0.826. The molecule has 0 saturated carbocycles. The molecular weight excluding hydrogens is 248 g/mol. The van der Waals surface area contributed by atoms with E-state index in [9.17, 15) is 0 Å². The summed E-state index contributed by atoms with van der Waals surface area (Å²) in [5, 5.41) is 12.3. The number of nitrogens with one attached hydrogen (secondary N) is 1. The summed E-state index contributed by atoms with van der Waals surface area (Å²) in [7, 11) is 2.18. The van der Waals surface area contributed by atoms with E-state index in [1.807, 2.05) is 18.2 Å². The highest BCUT2D eigenvalue weighted by atomic mass is 15.1. The van der Waals surface area contributed by atoms with Gasteiger partial charge in [-0.05, 0) is 62.2 Å².